The highest BCUT2D eigenvalue weighted by molar-refractivity contribution is 5.33. The maximum absolute atomic E-state index is 11.8. The van der Waals surface area contributed by atoms with Gasteiger partial charge in [0.15, 0.2) is 0 Å². The molecule has 0 atom stereocenters. The van der Waals surface area contributed by atoms with Crippen molar-refractivity contribution in [2.75, 3.05) is 0 Å². The van der Waals surface area contributed by atoms with Crippen molar-refractivity contribution in [1.29, 1.82) is 0 Å². The molecule has 0 spiro atoms. The quantitative estimate of drug-likeness (QED) is 0.622. The summed E-state index contributed by atoms with van der Waals surface area (Å²) in [5.41, 5.74) is 2.05. The monoisotopic (exact) mass is 259 g/mol. The van der Waals surface area contributed by atoms with Crippen molar-refractivity contribution in [2.24, 2.45) is 0 Å². The maximum Gasteiger partial charge on any atom is 0.348 e. The smallest absolute Gasteiger partial charge is 0.292 e. The van der Waals surface area contributed by atoms with Crippen LogP contribution in [0.4, 0.5) is 5.69 Å². The highest BCUT2D eigenvalue weighted by Gasteiger charge is 2.07. The first-order valence-corrected chi connectivity index (χ1v) is 5.76. The zero-order valence-electron chi connectivity index (χ0n) is 10.7. The Bertz CT molecular complexity index is 675. The van der Waals surface area contributed by atoms with E-state index in [1.54, 1.807) is 19.1 Å². The molecule has 1 heterocycles. The summed E-state index contributed by atoms with van der Waals surface area (Å²) in [6, 6.07) is 7.97. The van der Waals surface area contributed by atoms with Gasteiger partial charge in [0.05, 0.1) is 11.5 Å². The summed E-state index contributed by atoms with van der Waals surface area (Å²) in [5.74, 6) is 0. The van der Waals surface area contributed by atoms with Crippen LogP contribution in [-0.4, -0.2) is 14.5 Å². The molecule has 0 fully saturated rings. The summed E-state index contributed by atoms with van der Waals surface area (Å²) in [6.45, 7) is 3.96. The van der Waals surface area contributed by atoms with E-state index in [0.717, 1.165) is 11.3 Å². The first kappa shape index (κ1) is 12.9. The van der Waals surface area contributed by atoms with Gasteiger partial charge in [-0.1, -0.05) is 12.1 Å². The summed E-state index contributed by atoms with van der Waals surface area (Å²) in [4.78, 5) is 25.8. The van der Waals surface area contributed by atoms with E-state index in [4.69, 9.17) is 0 Å². The first-order valence-electron chi connectivity index (χ1n) is 5.76. The molecule has 1 aromatic carbocycles. The highest BCUT2D eigenvalue weighted by Crippen LogP contribution is 2.12. The molecular formula is C13H13N3O3. The van der Waals surface area contributed by atoms with E-state index in [1.807, 2.05) is 13.0 Å². The molecule has 0 aliphatic carbocycles. The van der Waals surface area contributed by atoms with Gasteiger partial charge in [0, 0.05) is 23.5 Å². The van der Waals surface area contributed by atoms with Gasteiger partial charge >= 0.3 is 5.69 Å². The summed E-state index contributed by atoms with van der Waals surface area (Å²) in [7, 11) is 0. The van der Waals surface area contributed by atoms with Gasteiger partial charge < -0.3 is 0 Å². The SMILES string of the molecule is Cc1cc(C)n(Cc2ccc([N+](=O)[O-])cc2)c(=O)n1. The van der Waals surface area contributed by atoms with Crippen LogP contribution in [0.25, 0.3) is 0 Å². The molecule has 0 radical (unpaired) electrons. The topological polar surface area (TPSA) is 78.0 Å². The number of nitro groups is 1. The fraction of sp³-hybridized carbons (Fsp3) is 0.231. The Morgan fingerprint density at radius 2 is 1.89 bits per heavy atom. The predicted octanol–water partition coefficient (Wildman–Crippen LogP) is 1.82. The Hall–Kier alpha value is -2.50. The van der Waals surface area contributed by atoms with E-state index < -0.39 is 4.92 Å². The minimum absolute atomic E-state index is 0.0369. The largest absolute Gasteiger partial charge is 0.348 e. The second-order valence-electron chi connectivity index (χ2n) is 4.33. The summed E-state index contributed by atoms with van der Waals surface area (Å²) in [5, 5.41) is 10.6. The normalized spacial score (nSPS) is 10.4. The molecule has 6 heteroatoms. The van der Waals surface area contributed by atoms with E-state index in [-0.39, 0.29) is 11.4 Å². The van der Waals surface area contributed by atoms with Crippen LogP contribution >= 0.6 is 0 Å². The fourth-order valence-corrected chi connectivity index (χ4v) is 1.87. The first-order chi connectivity index (χ1) is 8.97. The number of aryl methyl sites for hydroxylation is 2. The summed E-state index contributed by atoms with van der Waals surface area (Å²) in [6.07, 6.45) is 0. The maximum atomic E-state index is 11.8. The van der Waals surface area contributed by atoms with Crippen LogP contribution in [-0.2, 0) is 6.54 Å². The second kappa shape index (κ2) is 5.01. The fourth-order valence-electron chi connectivity index (χ4n) is 1.87. The van der Waals surface area contributed by atoms with E-state index >= 15 is 0 Å². The Labute approximate surface area is 109 Å². The van der Waals surface area contributed by atoms with Crippen LogP contribution in [0.15, 0.2) is 35.1 Å². The van der Waals surface area contributed by atoms with Crippen molar-refractivity contribution in [1.82, 2.24) is 9.55 Å². The van der Waals surface area contributed by atoms with E-state index in [9.17, 15) is 14.9 Å². The Morgan fingerprint density at radius 1 is 1.26 bits per heavy atom. The Kier molecular flexibility index (Phi) is 3.41. The van der Waals surface area contributed by atoms with Gasteiger partial charge in [-0.2, -0.15) is 4.98 Å². The van der Waals surface area contributed by atoms with Crippen molar-refractivity contribution < 1.29 is 4.92 Å². The number of rotatable bonds is 3. The van der Waals surface area contributed by atoms with Gasteiger partial charge in [0.25, 0.3) is 5.69 Å². The van der Waals surface area contributed by atoms with Gasteiger partial charge in [-0.05, 0) is 25.5 Å². The lowest BCUT2D eigenvalue weighted by Gasteiger charge is -2.09. The van der Waals surface area contributed by atoms with Crippen molar-refractivity contribution in [2.45, 2.75) is 20.4 Å². The minimum atomic E-state index is -0.450. The molecule has 0 bridgehead atoms. The van der Waals surface area contributed by atoms with Crippen LogP contribution in [0.5, 0.6) is 0 Å². The van der Waals surface area contributed by atoms with Gasteiger partial charge in [-0.3, -0.25) is 14.7 Å². The molecule has 6 nitrogen and oxygen atoms in total. The predicted molar refractivity (Wildman–Crippen MR) is 70.2 cm³/mol. The van der Waals surface area contributed by atoms with Crippen LogP contribution in [0.3, 0.4) is 0 Å². The summed E-state index contributed by atoms with van der Waals surface area (Å²) >= 11 is 0. The highest BCUT2D eigenvalue weighted by atomic mass is 16.6. The van der Waals surface area contributed by atoms with E-state index in [2.05, 4.69) is 4.98 Å². The molecular weight excluding hydrogens is 246 g/mol. The minimum Gasteiger partial charge on any atom is -0.292 e. The van der Waals surface area contributed by atoms with E-state index in [1.165, 1.54) is 16.7 Å². The van der Waals surface area contributed by atoms with Crippen molar-refractivity contribution >= 4 is 5.69 Å². The molecule has 0 aliphatic rings. The molecule has 0 saturated heterocycles. The third kappa shape index (κ3) is 2.85. The molecule has 2 aromatic rings. The average Bonchev–Trinajstić information content (AvgIpc) is 2.34. The Morgan fingerprint density at radius 3 is 2.42 bits per heavy atom. The van der Waals surface area contributed by atoms with Gasteiger partial charge in [-0.25, -0.2) is 4.79 Å². The van der Waals surface area contributed by atoms with Gasteiger partial charge in [0.2, 0.25) is 0 Å². The Balaban J connectivity index is 2.31. The van der Waals surface area contributed by atoms with Gasteiger partial charge in [-0.15, -0.1) is 0 Å². The number of benzene rings is 1. The van der Waals surface area contributed by atoms with Crippen molar-refractivity contribution in [3.05, 3.63) is 67.9 Å². The number of aromatic nitrogens is 2. The number of nitrogens with zero attached hydrogens (tertiary/aromatic N) is 3. The average molecular weight is 259 g/mol. The molecule has 1 aromatic heterocycles. The zero-order valence-corrected chi connectivity index (χ0v) is 10.7. The van der Waals surface area contributed by atoms with Crippen molar-refractivity contribution in [3.8, 4) is 0 Å². The van der Waals surface area contributed by atoms with Crippen LogP contribution in [0.2, 0.25) is 0 Å². The van der Waals surface area contributed by atoms with Crippen LogP contribution in [0.1, 0.15) is 17.0 Å². The lowest BCUT2D eigenvalue weighted by molar-refractivity contribution is -0.384. The van der Waals surface area contributed by atoms with Crippen molar-refractivity contribution in [3.63, 3.8) is 0 Å². The molecule has 98 valence electrons. The molecule has 0 N–H and O–H groups in total. The zero-order chi connectivity index (χ0) is 14.0. The molecule has 0 amide bonds. The molecule has 0 saturated carbocycles. The molecule has 0 aliphatic heterocycles. The third-order valence-corrected chi connectivity index (χ3v) is 2.83. The third-order valence-electron chi connectivity index (χ3n) is 2.83. The molecule has 2 rings (SSSR count). The lowest BCUT2D eigenvalue weighted by Crippen LogP contribution is -2.26. The number of nitro benzene ring substituents is 1. The van der Waals surface area contributed by atoms with Crippen LogP contribution in [0, 0.1) is 24.0 Å². The number of hydrogen-bond acceptors (Lipinski definition) is 4. The number of non-ortho nitro benzene ring substituents is 1. The standard InChI is InChI=1S/C13H13N3O3/c1-9-7-10(2)15(13(17)14-9)8-11-3-5-12(6-4-11)16(18)19/h3-7H,8H2,1-2H3. The summed E-state index contributed by atoms with van der Waals surface area (Å²) < 4.78 is 1.54. The van der Waals surface area contributed by atoms with Gasteiger partial charge in [0.1, 0.15) is 0 Å². The van der Waals surface area contributed by atoms with Crippen LogP contribution < -0.4 is 5.69 Å². The molecule has 19 heavy (non-hydrogen) atoms. The number of hydrogen-bond donors (Lipinski definition) is 0. The second-order valence-corrected chi connectivity index (χ2v) is 4.33. The van der Waals surface area contributed by atoms with E-state index in [0.29, 0.717) is 12.2 Å². The lowest BCUT2D eigenvalue weighted by atomic mass is 10.2. The molecule has 0 unspecified atom stereocenters.